The Hall–Kier alpha value is -1.62. The summed E-state index contributed by atoms with van der Waals surface area (Å²) in [5, 5.41) is 9.23. The minimum Gasteiger partial charge on any atom is -0.497 e. The third-order valence-electron chi connectivity index (χ3n) is 3.67. The largest absolute Gasteiger partial charge is 0.497 e. The van der Waals surface area contributed by atoms with E-state index in [1.807, 2.05) is 7.05 Å². The van der Waals surface area contributed by atoms with Crippen molar-refractivity contribution in [1.29, 1.82) is 0 Å². The van der Waals surface area contributed by atoms with Crippen molar-refractivity contribution in [2.75, 3.05) is 20.7 Å². The van der Waals surface area contributed by atoms with E-state index in [1.165, 1.54) is 7.11 Å². The molecule has 1 aromatic carbocycles. The second-order valence-corrected chi connectivity index (χ2v) is 4.87. The van der Waals surface area contributed by atoms with Gasteiger partial charge in [0.1, 0.15) is 17.1 Å². The van der Waals surface area contributed by atoms with Crippen LogP contribution in [0.4, 0.5) is 4.39 Å². The summed E-state index contributed by atoms with van der Waals surface area (Å²) < 4.78 is 19.0. The quantitative estimate of drug-likeness (QED) is 0.914. The molecule has 1 aliphatic rings. The van der Waals surface area contributed by atoms with Crippen molar-refractivity contribution >= 4 is 5.97 Å². The number of carboxylic acid groups (broad SMARTS) is 1. The Kier molecular flexibility index (Phi) is 4.04. The number of halogens is 1. The smallest absolute Gasteiger partial charge is 0.339 e. The molecule has 104 valence electrons. The number of rotatable bonds is 3. The number of methoxy groups -OCH3 is 1. The fourth-order valence-electron chi connectivity index (χ4n) is 2.68. The van der Waals surface area contributed by atoms with Crippen molar-refractivity contribution in [3.05, 3.63) is 29.1 Å². The van der Waals surface area contributed by atoms with Gasteiger partial charge in [0, 0.05) is 12.1 Å². The van der Waals surface area contributed by atoms with Crippen LogP contribution in [0.2, 0.25) is 0 Å². The number of carbonyl (C=O) groups is 1. The highest BCUT2D eigenvalue weighted by Crippen LogP contribution is 2.35. The fraction of sp³-hybridized carbons (Fsp3) is 0.500. The molecule has 1 aromatic rings. The van der Waals surface area contributed by atoms with Crippen LogP contribution >= 0.6 is 0 Å². The van der Waals surface area contributed by atoms with Gasteiger partial charge in [-0.3, -0.25) is 4.90 Å². The summed E-state index contributed by atoms with van der Waals surface area (Å²) >= 11 is 0. The van der Waals surface area contributed by atoms with Crippen LogP contribution in [0.15, 0.2) is 12.1 Å². The van der Waals surface area contributed by atoms with E-state index in [2.05, 4.69) is 4.90 Å². The standard InChI is InChI=1S/C14H18FNO3/c1-16-6-4-3-5-12(16)10-7-9(19-2)8-11(15)13(10)14(17)18/h7-8,12H,3-6H2,1-2H3,(H,17,18). The number of ether oxygens (including phenoxy) is 1. The van der Waals surface area contributed by atoms with E-state index >= 15 is 0 Å². The van der Waals surface area contributed by atoms with Gasteiger partial charge in [0.2, 0.25) is 0 Å². The van der Waals surface area contributed by atoms with Gasteiger partial charge >= 0.3 is 5.97 Å². The third kappa shape index (κ3) is 2.71. The average molecular weight is 267 g/mol. The van der Waals surface area contributed by atoms with Crippen LogP contribution in [0.3, 0.4) is 0 Å². The van der Waals surface area contributed by atoms with E-state index in [4.69, 9.17) is 4.74 Å². The van der Waals surface area contributed by atoms with Gasteiger partial charge in [0.25, 0.3) is 0 Å². The lowest BCUT2D eigenvalue weighted by molar-refractivity contribution is 0.0686. The van der Waals surface area contributed by atoms with Gasteiger partial charge in [-0.05, 0) is 38.1 Å². The highest BCUT2D eigenvalue weighted by Gasteiger charge is 2.28. The summed E-state index contributed by atoms with van der Waals surface area (Å²) in [7, 11) is 3.39. The minimum absolute atomic E-state index is 0.0653. The first-order chi connectivity index (χ1) is 9.04. The van der Waals surface area contributed by atoms with Crippen molar-refractivity contribution in [3.63, 3.8) is 0 Å². The van der Waals surface area contributed by atoms with Gasteiger partial charge in [0.05, 0.1) is 7.11 Å². The van der Waals surface area contributed by atoms with E-state index in [9.17, 15) is 14.3 Å². The highest BCUT2D eigenvalue weighted by atomic mass is 19.1. The molecule has 1 aliphatic heterocycles. The molecule has 0 aliphatic carbocycles. The summed E-state index contributed by atoms with van der Waals surface area (Å²) in [6.07, 6.45) is 2.94. The number of hydrogen-bond donors (Lipinski definition) is 1. The molecule has 0 saturated carbocycles. The van der Waals surface area contributed by atoms with Crippen molar-refractivity contribution in [1.82, 2.24) is 4.90 Å². The molecule has 0 spiro atoms. The molecule has 1 heterocycles. The van der Waals surface area contributed by atoms with E-state index in [-0.39, 0.29) is 11.6 Å². The number of carboxylic acids is 1. The molecule has 5 heteroatoms. The topological polar surface area (TPSA) is 49.8 Å². The second-order valence-electron chi connectivity index (χ2n) is 4.87. The molecule has 0 bridgehead atoms. The summed E-state index contributed by atoms with van der Waals surface area (Å²) in [4.78, 5) is 13.4. The van der Waals surface area contributed by atoms with E-state index in [1.54, 1.807) is 6.07 Å². The van der Waals surface area contributed by atoms with Crippen LogP contribution < -0.4 is 4.74 Å². The number of benzene rings is 1. The molecule has 0 amide bonds. The van der Waals surface area contributed by atoms with Crippen LogP contribution in [0.1, 0.15) is 41.2 Å². The van der Waals surface area contributed by atoms with Crippen LogP contribution in [-0.2, 0) is 0 Å². The Bertz CT molecular complexity index is 490. The summed E-state index contributed by atoms with van der Waals surface area (Å²) in [6.45, 7) is 0.891. The van der Waals surface area contributed by atoms with Crippen LogP contribution in [0, 0.1) is 5.82 Å². The predicted octanol–water partition coefficient (Wildman–Crippen LogP) is 2.69. The monoisotopic (exact) mass is 267 g/mol. The first-order valence-electron chi connectivity index (χ1n) is 6.35. The Morgan fingerprint density at radius 1 is 1.47 bits per heavy atom. The maximum Gasteiger partial charge on any atom is 0.339 e. The zero-order chi connectivity index (χ0) is 14.0. The van der Waals surface area contributed by atoms with Crippen molar-refractivity contribution in [2.45, 2.75) is 25.3 Å². The summed E-state index contributed by atoms with van der Waals surface area (Å²) in [6, 6.07) is 2.69. The van der Waals surface area contributed by atoms with E-state index in [0.29, 0.717) is 11.3 Å². The molecule has 1 unspecified atom stereocenters. The first-order valence-corrected chi connectivity index (χ1v) is 6.35. The third-order valence-corrected chi connectivity index (χ3v) is 3.67. The van der Waals surface area contributed by atoms with E-state index in [0.717, 1.165) is 31.9 Å². The second kappa shape index (κ2) is 5.57. The van der Waals surface area contributed by atoms with Crippen LogP contribution in [0.25, 0.3) is 0 Å². The number of hydrogen-bond acceptors (Lipinski definition) is 3. The molecule has 0 radical (unpaired) electrons. The molecule has 1 atom stereocenters. The Morgan fingerprint density at radius 2 is 2.21 bits per heavy atom. The minimum atomic E-state index is -1.23. The van der Waals surface area contributed by atoms with Gasteiger partial charge < -0.3 is 9.84 Å². The van der Waals surface area contributed by atoms with Gasteiger partial charge in [-0.25, -0.2) is 9.18 Å². The molecule has 1 saturated heterocycles. The van der Waals surface area contributed by atoms with E-state index < -0.39 is 11.8 Å². The molecule has 0 aromatic heterocycles. The lowest BCUT2D eigenvalue weighted by Crippen LogP contribution is -2.31. The number of likely N-dealkylation sites (tertiary alicyclic amines) is 1. The lowest BCUT2D eigenvalue weighted by Gasteiger charge is -2.33. The van der Waals surface area contributed by atoms with Gasteiger partial charge in [-0.2, -0.15) is 0 Å². The number of aromatic carboxylic acids is 1. The molecule has 2 rings (SSSR count). The normalized spacial score (nSPS) is 20.3. The Labute approximate surface area is 111 Å². The average Bonchev–Trinajstić information content (AvgIpc) is 2.37. The molecular formula is C14H18FNO3. The number of piperidine rings is 1. The molecule has 19 heavy (non-hydrogen) atoms. The fourth-order valence-corrected chi connectivity index (χ4v) is 2.68. The maximum atomic E-state index is 14.0. The van der Waals surface area contributed by atoms with Gasteiger partial charge in [-0.15, -0.1) is 0 Å². The van der Waals surface area contributed by atoms with Crippen molar-refractivity contribution in [2.24, 2.45) is 0 Å². The van der Waals surface area contributed by atoms with Crippen molar-refractivity contribution < 1.29 is 19.0 Å². The maximum absolute atomic E-state index is 14.0. The Balaban J connectivity index is 2.52. The predicted molar refractivity (Wildman–Crippen MR) is 69.1 cm³/mol. The van der Waals surface area contributed by atoms with Gasteiger partial charge in [0.15, 0.2) is 0 Å². The SMILES string of the molecule is COc1cc(F)c(C(=O)O)c(C2CCCCN2C)c1. The molecule has 1 N–H and O–H groups in total. The zero-order valence-electron chi connectivity index (χ0n) is 11.1. The highest BCUT2D eigenvalue weighted by molar-refractivity contribution is 5.90. The molecular weight excluding hydrogens is 249 g/mol. The summed E-state index contributed by atoms with van der Waals surface area (Å²) in [5.41, 5.74) is 0.270. The van der Waals surface area contributed by atoms with Gasteiger partial charge in [-0.1, -0.05) is 6.42 Å². The first kappa shape index (κ1) is 13.8. The number of nitrogens with zero attached hydrogens (tertiary/aromatic N) is 1. The lowest BCUT2D eigenvalue weighted by atomic mass is 9.91. The zero-order valence-corrected chi connectivity index (χ0v) is 11.1. The molecule has 4 nitrogen and oxygen atoms in total. The summed E-state index contributed by atoms with van der Waals surface area (Å²) in [5.74, 6) is -1.61. The van der Waals surface area contributed by atoms with Crippen LogP contribution in [0.5, 0.6) is 5.75 Å². The molecule has 1 fully saturated rings. The van der Waals surface area contributed by atoms with Crippen LogP contribution in [-0.4, -0.2) is 36.7 Å². The van der Waals surface area contributed by atoms with Crippen molar-refractivity contribution in [3.8, 4) is 5.75 Å². The Morgan fingerprint density at radius 3 is 2.79 bits per heavy atom.